The summed E-state index contributed by atoms with van der Waals surface area (Å²) in [5, 5.41) is 0. The van der Waals surface area contributed by atoms with E-state index in [1.165, 1.54) is 12.5 Å². The fourth-order valence-electron chi connectivity index (χ4n) is 2.99. The Balaban J connectivity index is 2.34. The zero-order chi connectivity index (χ0) is 13.8. The third kappa shape index (κ3) is 3.12. The van der Waals surface area contributed by atoms with Crippen LogP contribution in [0.3, 0.4) is 0 Å². The van der Waals surface area contributed by atoms with Crippen molar-refractivity contribution in [1.29, 1.82) is 0 Å². The minimum Gasteiger partial charge on any atom is -0.392 e. The fraction of sp³-hybridized carbons (Fsp3) is 0.533. The lowest BCUT2D eigenvalue weighted by atomic mass is 9.94. The first-order chi connectivity index (χ1) is 9.15. The largest absolute Gasteiger partial charge is 0.392 e. The van der Waals surface area contributed by atoms with Crippen molar-refractivity contribution in [3.63, 3.8) is 0 Å². The number of halogens is 1. The van der Waals surface area contributed by atoms with Gasteiger partial charge >= 0.3 is 0 Å². The molecule has 1 fully saturated rings. The fourth-order valence-corrected chi connectivity index (χ4v) is 3.26. The molecule has 2 atom stereocenters. The van der Waals surface area contributed by atoms with Crippen molar-refractivity contribution in [2.24, 2.45) is 5.73 Å². The van der Waals surface area contributed by atoms with E-state index in [1.807, 2.05) is 6.07 Å². The summed E-state index contributed by atoms with van der Waals surface area (Å²) in [7, 11) is 0. The van der Waals surface area contributed by atoms with Gasteiger partial charge in [0.2, 0.25) is 0 Å². The van der Waals surface area contributed by atoms with E-state index in [0.29, 0.717) is 16.6 Å². The Morgan fingerprint density at radius 1 is 1.47 bits per heavy atom. The molecule has 0 spiro atoms. The van der Waals surface area contributed by atoms with Crippen LogP contribution in [0.15, 0.2) is 24.3 Å². The Labute approximate surface area is 119 Å². The predicted molar refractivity (Wildman–Crippen MR) is 80.6 cm³/mol. The Morgan fingerprint density at radius 2 is 2.21 bits per heavy atom. The Bertz CT molecular complexity index is 450. The van der Waals surface area contributed by atoms with Crippen LogP contribution < -0.4 is 5.73 Å². The van der Waals surface area contributed by atoms with Crippen LogP contribution in [0, 0.1) is 5.82 Å². The Morgan fingerprint density at radius 3 is 2.84 bits per heavy atom. The molecule has 19 heavy (non-hydrogen) atoms. The second-order valence-electron chi connectivity index (χ2n) is 5.12. The minimum absolute atomic E-state index is 0.222. The molecule has 1 saturated heterocycles. The molecule has 0 radical (unpaired) electrons. The lowest BCUT2D eigenvalue weighted by Gasteiger charge is -2.40. The molecule has 1 aliphatic rings. The number of hydrogen-bond acceptors (Lipinski definition) is 2. The smallest absolute Gasteiger partial charge is 0.128 e. The van der Waals surface area contributed by atoms with Gasteiger partial charge in [0.15, 0.2) is 0 Å². The molecule has 1 heterocycles. The summed E-state index contributed by atoms with van der Waals surface area (Å²) in [5.41, 5.74) is 6.52. The van der Waals surface area contributed by atoms with Crippen LogP contribution in [0.25, 0.3) is 0 Å². The van der Waals surface area contributed by atoms with Gasteiger partial charge in [0, 0.05) is 11.6 Å². The van der Waals surface area contributed by atoms with Crippen LogP contribution in [0.5, 0.6) is 0 Å². The molecule has 104 valence electrons. The van der Waals surface area contributed by atoms with Crippen molar-refractivity contribution in [2.75, 3.05) is 6.54 Å². The Kier molecular flexibility index (Phi) is 4.88. The highest BCUT2D eigenvalue weighted by Gasteiger charge is 2.31. The molecule has 2 rings (SSSR count). The Hall–Kier alpha value is -1.00. The van der Waals surface area contributed by atoms with E-state index in [-0.39, 0.29) is 11.9 Å². The number of piperidine rings is 1. The topological polar surface area (TPSA) is 29.3 Å². The van der Waals surface area contributed by atoms with Gasteiger partial charge in [-0.1, -0.05) is 43.8 Å². The quantitative estimate of drug-likeness (QED) is 0.857. The van der Waals surface area contributed by atoms with Crippen LogP contribution in [-0.2, 0) is 0 Å². The molecule has 0 saturated carbocycles. The van der Waals surface area contributed by atoms with Crippen LogP contribution in [0.2, 0.25) is 0 Å². The molecule has 1 aliphatic heterocycles. The number of likely N-dealkylation sites (tertiary alicyclic amines) is 1. The summed E-state index contributed by atoms with van der Waals surface area (Å²) in [6.45, 7) is 3.11. The lowest BCUT2D eigenvalue weighted by molar-refractivity contribution is 0.121. The van der Waals surface area contributed by atoms with E-state index in [4.69, 9.17) is 18.0 Å². The molecule has 1 aromatic carbocycles. The zero-order valence-corrected chi connectivity index (χ0v) is 12.1. The molecular weight excluding hydrogens is 259 g/mol. The number of benzene rings is 1. The van der Waals surface area contributed by atoms with Gasteiger partial charge in [0.05, 0.1) is 11.0 Å². The minimum atomic E-state index is -0.276. The molecule has 0 amide bonds. The zero-order valence-electron chi connectivity index (χ0n) is 11.3. The maximum atomic E-state index is 14.0. The predicted octanol–water partition coefficient (Wildman–Crippen LogP) is 3.42. The summed E-state index contributed by atoms with van der Waals surface area (Å²) in [6.07, 6.45) is 4.55. The molecule has 2 unspecified atom stereocenters. The third-order valence-corrected chi connectivity index (χ3v) is 4.17. The van der Waals surface area contributed by atoms with Crippen LogP contribution in [0.4, 0.5) is 4.39 Å². The van der Waals surface area contributed by atoms with Crippen molar-refractivity contribution in [1.82, 2.24) is 4.90 Å². The van der Waals surface area contributed by atoms with Gasteiger partial charge in [0.1, 0.15) is 5.82 Å². The van der Waals surface area contributed by atoms with Gasteiger partial charge in [-0.2, -0.15) is 0 Å². The van der Waals surface area contributed by atoms with Gasteiger partial charge in [-0.15, -0.1) is 0 Å². The standard InChI is InChI=1S/C15H21FN2S/c1-2-11-7-5-6-10-18(11)14(15(17)19)12-8-3-4-9-13(12)16/h3-4,8-9,11,14H,2,5-7,10H2,1H3,(H2,17,19). The summed E-state index contributed by atoms with van der Waals surface area (Å²) in [5.74, 6) is -0.222. The second kappa shape index (κ2) is 6.44. The summed E-state index contributed by atoms with van der Waals surface area (Å²) >= 11 is 5.21. The van der Waals surface area contributed by atoms with Crippen LogP contribution in [-0.4, -0.2) is 22.5 Å². The van der Waals surface area contributed by atoms with E-state index in [0.717, 1.165) is 25.8 Å². The average Bonchev–Trinajstić information content (AvgIpc) is 2.41. The number of thiocarbonyl (C=S) groups is 1. The summed E-state index contributed by atoms with van der Waals surface area (Å²) in [4.78, 5) is 2.65. The highest BCUT2D eigenvalue weighted by Crippen LogP contribution is 2.31. The molecular formula is C15H21FN2S. The molecule has 4 heteroatoms. The van der Waals surface area contributed by atoms with Crippen LogP contribution in [0.1, 0.15) is 44.2 Å². The van der Waals surface area contributed by atoms with Crippen molar-refractivity contribution in [3.05, 3.63) is 35.6 Å². The average molecular weight is 280 g/mol. The first-order valence-electron chi connectivity index (χ1n) is 6.94. The van der Waals surface area contributed by atoms with E-state index in [2.05, 4.69) is 11.8 Å². The van der Waals surface area contributed by atoms with Crippen molar-refractivity contribution < 1.29 is 4.39 Å². The van der Waals surface area contributed by atoms with Gasteiger partial charge in [-0.05, 0) is 31.9 Å². The molecule has 0 aromatic heterocycles. The normalized spacial score (nSPS) is 22.1. The highest BCUT2D eigenvalue weighted by molar-refractivity contribution is 7.80. The van der Waals surface area contributed by atoms with Gasteiger partial charge < -0.3 is 5.73 Å². The maximum absolute atomic E-state index is 14.0. The second-order valence-corrected chi connectivity index (χ2v) is 5.59. The van der Waals surface area contributed by atoms with Gasteiger partial charge in [-0.3, -0.25) is 4.90 Å². The van der Waals surface area contributed by atoms with Crippen LogP contribution >= 0.6 is 12.2 Å². The number of nitrogens with zero attached hydrogens (tertiary/aromatic N) is 1. The molecule has 2 N–H and O–H groups in total. The monoisotopic (exact) mass is 280 g/mol. The number of rotatable bonds is 4. The van der Waals surface area contributed by atoms with Crippen molar-refractivity contribution in [2.45, 2.75) is 44.7 Å². The van der Waals surface area contributed by atoms with Gasteiger partial charge in [0.25, 0.3) is 0 Å². The summed E-state index contributed by atoms with van der Waals surface area (Å²) < 4.78 is 14.0. The van der Waals surface area contributed by atoms with E-state index < -0.39 is 0 Å². The first kappa shape index (κ1) is 14.4. The first-order valence-corrected chi connectivity index (χ1v) is 7.35. The SMILES string of the molecule is CCC1CCCCN1C(C(N)=S)c1ccccc1F. The molecule has 0 aliphatic carbocycles. The van der Waals surface area contributed by atoms with E-state index in [1.54, 1.807) is 12.1 Å². The maximum Gasteiger partial charge on any atom is 0.128 e. The van der Waals surface area contributed by atoms with E-state index >= 15 is 0 Å². The number of nitrogens with two attached hydrogens (primary N) is 1. The highest BCUT2D eigenvalue weighted by atomic mass is 32.1. The summed E-state index contributed by atoms with van der Waals surface area (Å²) in [6, 6.07) is 6.98. The van der Waals surface area contributed by atoms with Gasteiger partial charge in [-0.25, -0.2) is 4.39 Å². The van der Waals surface area contributed by atoms with Crippen molar-refractivity contribution >= 4 is 17.2 Å². The van der Waals surface area contributed by atoms with Crippen molar-refractivity contribution in [3.8, 4) is 0 Å². The number of hydrogen-bond donors (Lipinski definition) is 1. The lowest BCUT2D eigenvalue weighted by Crippen LogP contribution is -2.46. The molecule has 2 nitrogen and oxygen atoms in total. The molecule has 0 bridgehead atoms. The van der Waals surface area contributed by atoms with E-state index in [9.17, 15) is 4.39 Å². The third-order valence-electron chi connectivity index (χ3n) is 3.94. The molecule has 1 aromatic rings.